The molecule has 0 amide bonds. The van der Waals surface area contributed by atoms with Gasteiger partial charge in [0.05, 0.1) is 11.7 Å². The van der Waals surface area contributed by atoms with E-state index in [4.69, 9.17) is 11.6 Å². The van der Waals surface area contributed by atoms with Crippen LogP contribution in [0.4, 0.5) is 10.3 Å². The molecule has 0 aliphatic rings. The number of aromatic nitrogens is 4. The van der Waals surface area contributed by atoms with Crippen LogP contribution in [0.2, 0.25) is 5.02 Å². The summed E-state index contributed by atoms with van der Waals surface area (Å²) in [6.45, 7) is 0.390. The standard InChI is InChI=1S/C17H18ClFN6/c1-24(2)15(16-13(18)9-6-10-14(16)19)11-20-17-21-22-23-25(17)12-7-4-3-5-8-12/h3-10,15H,11H2,1-2H3,(H,20,21,23). The van der Waals surface area contributed by atoms with Gasteiger partial charge in [-0.15, -0.1) is 0 Å². The van der Waals surface area contributed by atoms with Gasteiger partial charge < -0.3 is 10.2 Å². The molecule has 0 radical (unpaired) electrons. The van der Waals surface area contributed by atoms with E-state index in [-0.39, 0.29) is 11.9 Å². The van der Waals surface area contributed by atoms with Crippen LogP contribution in [-0.4, -0.2) is 45.7 Å². The smallest absolute Gasteiger partial charge is 0.247 e. The molecule has 3 rings (SSSR count). The van der Waals surface area contributed by atoms with Gasteiger partial charge in [0.2, 0.25) is 5.95 Å². The molecule has 2 aromatic carbocycles. The number of tetrazole rings is 1. The highest BCUT2D eigenvalue weighted by Gasteiger charge is 2.22. The molecule has 6 nitrogen and oxygen atoms in total. The van der Waals surface area contributed by atoms with Crippen LogP contribution in [0.1, 0.15) is 11.6 Å². The molecule has 3 aromatic rings. The number of halogens is 2. The van der Waals surface area contributed by atoms with Crippen LogP contribution < -0.4 is 5.32 Å². The van der Waals surface area contributed by atoms with Gasteiger partial charge in [0.15, 0.2) is 0 Å². The first-order valence-electron chi connectivity index (χ1n) is 7.76. The fraction of sp³-hybridized carbons (Fsp3) is 0.235. The van der Waals surface area contributed by atoms with Crippen molar-refractivity contribution in [3.63, 3.8) is 0 Å². The molecule has 0 bridgehead atoms. The Morgan fingerprint density at radius 1 is 1.16 bits per heavy atom. The van der Waals surface area contributed by atoms with Crippen LogP contribution in [0, 0.1) is 5.82 Å². The van der Waals surface area contributed by atoms with E-state index in [2.05, 4.69) is 20.8 Å². The molecular formula is C17H18ClFN6. The van der Waals surface area contributed by atoms with E-state index in [0.717, 1.165) is 5.69 Å². The third kappa shape index (κ3) is 3.78. The quantitative estimate of drug-likeness (QED) is 0.731. The number of anilines is 1. The highest BCUT2D eigenvalue weighted by Crippen LogP contribution is 2.29. The first kappa shape index (κ1) is 17.3. The van der Waals surface area contributed by atoms with Gasteiger partial charge >= 0.3 is 0 Å². The molecule has 1 unspecified atom stereocenters. The monoisotopic (exact) mass is 360 g/mol. The topological polar surface area (TPSA) is 58.9 Å². The summed E-state index contributed by atoms with van der Waals surface area (Å²) >= 11 is 6.22. The summed E-state index contributed by atoms with van der Waals surface area (Å²) in [7, 11) is 3.74. The summed E-state index contributed by atoms with van der Waals surface area (Å²) < 4.78 is 15.9. The zero-order valence-corrected chi connectivity index (χ0v) is 14.7. The van der Waals surface area contributed by atoms with Crippen molar-refractivity contribution in [1.82, 2.24) is 25.1 Å². The van der Waals surface area contributed by atoms with Gasteiger partial charge in [-0.1, -0.05) is 41.0 Å². The molecule has 1 N–H and O–H groups in total. The molecule has 130 valence electrons. The summed E-state index contributed by atoms with van der Waals surface area (Å²) in [5.41, 5.74) is 1.28. The van der Waals surface area contributed by atoms with Crippen molar-refractivity contribution in [2.75, 3.05) is 26.0 Å². The summed E-state index contributed by atoms with van der Waals surface area (Å²) in [6.07, 6.45) is 0. The maximum absolute atomic E-state index is 14.3. The van der Waals surface area contributed by atoms with E-state index in [1.54, 1.807) is 16.8 Å². The molecule has 8 heteroatoms. The molecule has 0 saturated heterocycles. The summed E-state index contributed by atoms with van der Waals surface area (Å²) in [5, 5.41) is 15.3. The van der Waals surface area contributed by atoms with Crippen LogP contribution in [0.5, 0.6) is 0 Å². The molecule has 1 atom stereocenters. The van der Waals surface area contributed by atoms with Gasteiger partial charge in [0, 0.05) is 17.1 Å². The van der Waals surface area contributed by atoms with Crippen molar-refractivity contribution < 1.29 is 4.39 Å². The lowest BCUT2D eigenvalue weighted by molar-refractivity contribution is 0.303. The number of likely N-dealkylation sites (N-methyl/N-ethyl adjacent to an activating group) is 1. The van der Waals surface area contributed by atoms with Gasteiger partial charge in [-0.25, -0.2) is 4.39 Å². The molecule has 0 saturated carbocycles. The number of nitrogens with one attached hydrogen (secondary N) is 1. The minimum absolute atomic E-state index is 0.283. The number of para-hydroxylation sites is 1. The Morgan fingerprint density at radius 2 is 1.92 bits per heavy atom. The molecular weight excluding hydrogens is 343 g/mol. The number of benzene rings is 2. The van der Waals surface area contributed by atoms with Crippen molar-refractivity contribution in [2.24, 2.45) is 0 Å². The highest BCUT2D eigenvalue weighted by molar-refractivity contribution is 6.31. The molecule has 0 spiro atoms. The van der Waals surface area contributed by atoms with E-state index in [1.165, 1.54) is 6.07 Å². The Morgan fingerprint density at radius 3 is 2.60 bits per heavy atom. The zero-order valence-electron chi connectivity index (χ0n) is 13.9. The van der Waals surface area contributed by atoms with Crippen molar-refractivity contribution in [3.8, 4) is 5.69 Å². The molecule has 25 heavy (non-hydrogen) atoms. The predicted octanol–water partition coefficient (Wildman–Crippen LogP) is 3.17. The zero-order chi connectivity index (χ0) is 17.8. The fourth-order valence-electron chi connectivity index (χ4n) is 2.60. The largest absolute Gasteiger partial charge is 0.351 e. The third-order valence-corrected chi connectivity index (χ3v) is 4.21. The average molecular weight is 361 g/mol. The molecule has 0 fully saturated rings. The maximum atomic E-state index is 14.3. The summed E-state index contributed by atoms with van der Waals surface area (Å²) in [5.74, 6) is 0.140. The number of hydrogen-bond donors (Lipinski definition) is 1. The van der Waals surface area contributed by atoms with Crippen molar-refractivity contribution in [2.45, 2.75) is 6.04 Å². The fourth-order valence-corrected chi connectivity index (χ4v) is 2.89. The van der Waals surface area contributed by atoms with Crippen LogP contribution in [0.3, 0.4) is 0 Å². The number of rotatable bonds is 6. The third-order valence-electron chi connectivity index (χ3n) is 3.88. The van der Waals surface area contributed by atoms with E-state index in [9.17, 15) is 4.39 Å². The Labute approximate surface area is 150 Å². The SMILES string of the molecule is CN(C)C(CNc1nnnn1-c1ccccc1)c1c(F)cccc1Cl. The van der Waals surface area contributed by atoms with Gasteiger partial charge in [-0.3, -0.25) is 0 Å². The van der Waals surface area contributed by atoms with Gasteiger partial charge in [0.25, 0.3) is 0 Å². The molecule has 1 heterocycles. The lowest BCUT2D eigenvalue weighted by Crippen LogP contribution is -2.28. The molecule has 1 aromatic heterocycles. The van der Waals surface area contributed by atoms with Crippen molar-refractivity contribution in [1.29, 1.82) is 0 Å². The minimum atomic E-state index is -0.337. The lowest BCUT2D eigenvalue weighted by atomic mass is 10.1. The summed E-state index contributed by atoms with van der Waals surface area (Å²) in [6, 6.07) is 13.9. The average Bonchev–Trinajstić information content (AvgIpc) is 3.06. The van der Waals surface area contributed by atoms with Gasteiger partial charge in [-0.05, 0) is 48.8 Å². The van der Waals surface area contributed by atoms with Crippen molar-refractivity contribution >= 4 is 17.5 Å². The Hall–Kier alpha value is -2.51. The van der Waals surface area contributed by atoms with Crippen LogP contribution >= 0.6 is 11.6 Å². The van der Waals surface area contributed by atoms with Crippen molar-refractivity contribution in [3.05, 3.63) is 64.9 Å². The van der Waals surface area contributed by atoms with E-state index >= 15 is 0 Å². The lowest BCUT2D eigenvalue weighted by Gasteiger charge is -2.26. The predicted molar refractivity (Wildman–Crippen MR) is 95.5 cm³/mol. The van der Waals surface area contributed by atoms with Gasteiger partial charge in [-0.2, -0.15) is 4.68 Å². The minimum Gasteiger partial charge on any atom is -0.351 e. The van der Waals surface area contributed by atoms with Gasteiger partial charge in [0.1, 0.15) is 5.82 Å². The molecule has 0 aliphatic carbocycles. The Balaban J connectivity index is 1.84. The second-order valence-corrected chi connectivity index (χ2v) is 6.15. The second kappa shape index (κ2) is 7.58. The first-order chi connectivity index (χ1) is 12.1. The Bertz CT molecular complexity index is 816. The molecule has 0 aliphatic heterocycles. The van der Waals surface area contributed by atoms with E-state index in [0.29, 0.717) is 23.1 Å². The van der Waals surface area contributed by atoms with Crippen LogP contribution in [0.25, 0.3) is 5.69 Å². The second-order valence-electron chi connectivity index (χ2n) is 5.75. The van der Waals surface area contributed by atoms with E-state index in [1.807, 2.05) is 49.3 Å². The van der Waals surface area contributed by atoms with E-state index < -0.39 is 0 Å². The normalized spacial score (nSPS) is 12.4. The van der Waals surface area contributed by atoms with Crippen LogP contribution in [0.15, 0.2) is 48.5 Å². The first-order valence-corrected chi connectivity index (χ1v) is 8.13. The Kier molecular flexibility index (Phi) is 5.25. The van der Waals surface area contributed by atoms with Crippen LogP contribution in [-0.2, 0) is 0 Å². The maximum Gasteiger partial charge on any atom is 0.247 e. The number of hydrogen-bond acceptors (Lipinski definition) is 5. The summed E-state index contributed by atoms with van der Waals surface area (Å²) in [4.78, 5) is 1.90. The highest BCUT2D eigenvalue weighted by atomic mass is 35.5. The number of nitrogens with zero attached hydrogens (tertiary/aromatic N) is 5.